The molecule has 1 aliphatic heterocycles. The fourth-order valence-electron chi connectivity index (χ4n) is 2.97. The molecular formula is C17H28F3IN4O2S2. The quantitative estimate of drug-likeness (QED) is 0.300. The van der Waals surface area contributed by atoms with Crippen molar-refractivity contribution in [2.24, 2.45) is 10.9 Å². The van der Waals surface area contributed by atoms with Crippen LogP contribution in [0, 0.1) is 5.92 Å². The van der Waals surface area contributed by atoms with E-state index < -0.39 is 15.5 Å². The number of thiophene rings is 1. The van der Waals surface area contributed by atoms with Gasteiger partial charge in [0.2, 0.25) is 0 Å². The van der Waals surface area contributed by atoms with Gasteiger partial charge >= 0.3 is 15.5 Å². The highest BCUT2D eigenvalue weighted by Gasteiger charge is 2.50. The van der Waals surface area contributed by atoms with Gasteiger partial charge in [-0.2, -0.15) is 17.5 Å². The summed E-state index contributed by atoms with van der Waals surface area (Å²) in [7, 11) is -5.22. The van der Waals surface area contributed by atoms with Gasteiger partial charge in [-0.3, -0.25) is 4.99 Å². The molecule has 1 aromatic heterocycles. The fourth-order valence-corrected chi connectivity index (χ4v) is 4.74. The Morgan fingerprint density at radius 2 is 2.00 bits per heavy atom. The molecule has 12 heteroatoms. The molecule has 0 aromatic carbocycles. The maximum Gasteiger partial charge on any atom is 0.511 e. The van der Waals surface area contributed by atoms with Crippen molar-refractivity contribution in [3.63, 3.8) is 0 Å². The highest BCUT2D eigenvalue weighted by atomic mass is 127. The molecule has 6 nitrogen and oxygen atoms in total. The van der Waals surface area contributed by atoms with Gasteiger partial charge in [0.25, 0.3) is 0 Å². The normalized spacial score (nSPS) is 18.2. The number of hydrogen-bond acceptors (Lipinski definition) is 4. The first-order chi connectivity index (χ1) is 13.1. The molecule has 1 saturated heterocycles. The Bertz CT molecular complexity index is 734. The maximum absolute atomic E-state index is 12.6. The van der Waals surface area contributed by atoms with Crippen LogP contribution in [0.3, 0.4) is 0 Å². The van der Waals surface area contributed by atoms with Crippen molar-refractivity contribution in [2.75, 3.05) is 32.7 Å². The Hall–Kier alpha value is -0.600. The summed E-state index contributed by atoms with van der Waals surface area (Å²) in [6.45, 7) is 5.70. The lowest BCUT2D eigenvalue weighted by molar-refractivity contribution is -0.0496. The SMILES string of the molecule is CCNC(=NCC(C)c1cccs1)NCC1CCN(S(=O)(=O)C(F)(F)F)CC1.I. The van der Waals surface area contributed by atoms with Crippen molar-refractivity contribution in [1.82, 2.24) is 14.9 Å². The summed E-state index contributed by atoms with van der Waals surface area (Å²) in [5, 5.41) is 8.42. The highest BCUT2D eigenvalue weighted by Crippen LogP contribution is 2.30. The number of nitrogens with zero attached hydrogens (tertiary/aromatic N) is 2. The Labute approximate surface area is 191 Å². The third kappa shape index (κ3) is 7.55. The first-order valence-corrected chi connectivity index (χ1v) is 11.6. The summed E-state index contributed by atoms with van der Waals surface area (Å²) in [5.41, 5.74) is -5.23. The van der Waals surface area contributed by atoms with Gasteiger partial charge in [-0.25, -0.2) is 8.42 Å². The third-order valence-corrected chi connectivity index (χ3v) is 7.39. The molecule has 0 saturated carbocycles. The van der Waals surface area contributed by atoms with Crippen molar-refractivity contribution >= 4 is 51.3 Å². The number of guanidine groups is 1. The molecular weight excluding hydrogens is 540 g/mol. The third-order valence-electron chi connectivity index (χ3n) is 4.66. The standard InChI is InChI=1S/C17H27F3N4O2S2.HI/c1-3-21-16(22-11-13(2)15-5-4-10-27-15)23-12-14-6-8-24(9-7-14)28(25,26)17(18,19)20;/h4-5,10,13-14H,3,6-9,11-12H2,1-2H3,(H2,21,22,23);1H. The van der Waals surface area contributed by atoms with E-state index in [1.807, 2.05) is 18.4 Å². The van der Waals surface area contributed by atoms with Crippen LogP contribution in [-0.2, 0) is 10.0 Å². The van der Waals surface area contributed by atoms with E-state index in [2.05, 4.69) is 28.6 Å². The van der Waals surface area contributed by atoms with Crippen LogP contribution in [0.5, 0.6) is 0 Å². The van der Waals surface area contributed by atoms with E-state index in [1.54, 1.807) is 11.3 Å². The molecule has 1 atom stereocenters. The van der Waals surface area contributed by atoms with Crippen LogP contribution in [0.25, 0.3) is 0 Å². The molecule has 1 unspecified atom stereocenters. The molecule has 0 amide bonds. The van der Waals surface area contributed by atoms with Crippen LogP contribution < -0.4 is 10.6 Å². The Morgan fingerprint density at radius 3 is 2.52 bits per heavy atom. The zero-order chi connectivity index (χ0) is 20.8. The largest absolute Gasteiger partial charge is 0.511 e. The second-order valence-corrected chi connectivity index (χ2v) is 9.72. The molecule has 1 aromatic rings. The molecule has 0 radical (unpaired) electrons. The monoisotopic (exact) mass is 568 g/mol. The number of halogens is 4. The predicted molar refractivity (Wildman–Crippen MR) is 121 cm³/mol. The van der Waals surface area contributed by atoms with E-state index in [4.69, 9.17) is 0 Å². The van der Waals surface area contributed by atoms with Crippen LogP contribution in [0.15, 0.2) is 22.5 Å². The van der Waals surface area contributed by atoms with Crippen LogP contribution in [0.2, 0.25) is 0 Å². The highest BCUT2D eigenvalue weighted by molar-refractivity contribution is 14.0. The zero-order valence-corrected chi connectivity index (χ0v) is 20.4. The van der Waals surface area contributed by atoms with Crippen molar-refractivity contribution in [3.05, 3.63) is 22.4 Å². The van der Waals surface area contributed by atoms with Crippen molar-refractivity contribution in [2.45, 2.75) is 38.1 Å². The molecule has 2 N–H and O–H groups in total. The van der Waals surface area contributed by atoms with E-state index >= 15 is 0 Å². The van der Waals surface area contributed by atoms with Crippen molar-refractivity contribution in [1.29, 1.82) is 0 Å². The summed E-state index contributed by atoms with van der Waals surface area (Å²) < 4.78 is 61.4. The van der Waals surface area contributed by atoms with E-state index in [0.29, 0.717) is 48.7 Å². The van der Waals surface area contributed by atoms with Gasteiger partial charge in [-0.15, -0.1) is 35.3 Å². The molecule has 0 aliphatic carbocycles. The number of alkyl halides is 3. The van der Waals surface area contributed by atoms with Gasteiger partial charge in [0.05, 0.1) is 6.54 Å². The zero-order valence-electron chi connectivity index (χ0n) is 16.4. The number of rotatable bonds is 7. The van der Waals surface area contributed by atoms with Crippen LogP contribution in [-0.4, -0.2) is 56.9 Å². The minimum atomic E-state index is -5.23. The number of nitrogens with one attached hydrogen (secondary N) is 2. The molecule has 2 rings (SSSR count). The molecule has 29 heavy (non-hydrogen) atoms. The Balaban J connectivity index is 0.00000420. The lowest BCUT2D eigenvalue weighted by Crippen LogP contribution is -2.47. The molecule has 0 spiro atoms. The number of piperidine rings is 1. The van der Waals surface area contributed by atoms with E-state index in [0.717, 1.165) is 0 Å². The minimum absolute atomic E-state index is 0. The first-order valence-electron chi connectivity index (χ1n) is 9.27. The predicted octanol–water partition coefficient (Wildman–Crippen LogP) is 3.59. The Kier molecular flexibility index (Phi) is 10.7. The van der Waals surface area contributed by atoms with Crippen molar-refractivity contribution in [3.8, 4) is 0 Å². The van der Waals surface area contributed by atoms with Crippen molar-refractivity contribution < 1.29 is 21.6 Å². The summed E-state index contributed by atoms with van der Waals surface area (Å²) in [6.07, 6.45) is 0.765. The molecule has 0 bridgehead atoms. The maximum atomic E-state index is 12.6. The average molecular weight is 568 g/mol. The van der Waals surface area contributed by atoms with E-state index in [1.165, 1.54) is 4.88 Å². The van der Waals surface area contributed by atoms with Crippen LogP contribution in [0.1, 0.15) is 37.5 Å². The van der Waals surface area contributed by atoms with E-state index in [-0.39, 0.29) is 43.0 Å². The number of aliphatic imine (C=N–C) groups is 1. The van der Waals surface area contributed by atoms with Gasteiger partial charge in [0.1, 0.15) is 0 Å². The van der Waals surface area contributed by atoms with Gasteiger partial charge in [-0.1, -0.05) is 13.0 Å². The summed E-state index contributed by atoms with van der Waals surface area (Å²) in [4.78, 5) is 5.85. The molecule has 1 fully saturated rings. The van der Waals surface area contributed by atoms with Crippen LogP contribution in [0.4, 0.5) is 13.2 Å². The second-order valence-electron chi connectivity index (χ2n) is 6.81. The molecule has 2 heterocycles. The summed E-state index contributed by atoms with van der Waals surface area (Å²) in [5.74, 6) is 1.06. The average Bonchev–Trinajstić information content (AvgIpc) is 3.18. The lowest BCUT2D eigenvalue weighted by atomic mass is 9.98. The van der Waals surface area contributed by atoms with E-state index in [9.17, 15) is 21.6 Å². The molecule has 168 valence electrons. The lowest BCUT2D eigenvalue weighted by Gasteiger charge is -2.31. The number of hydrogen-bond donors (Lipinski definition) is 2. The second kappa shape index (κ2) is 11.7. The van der Waals surface area contributed by atoms with Gasteiger partial charge in [0.15, 0.2) is 5.96 Å². The fraction of sp³-hybridized carbons (Fsp3) is 0.706. The summed E-state index contributed by atoms with van der Waals surface area (Å²) >= 11 is 1.69. The van der Waals surface area contributed by atoms with Gasteiger partial charge in [0, 0.05) is 37.0 Å². The van der Waals surface area contributed by atoms with Gasteiger partial charge in [-0.05, 0) is 37.1 Å². The number of sulfonamides is 1. The van der Waals surface area contributed by atoms with Gasteiger partial charge < -0.3 is 10.6 Å². The smallest absolute Gasteiger partial charge is 0.357 e. The van der Waals surface area contributed by atoms with Crippen LogP contribution >= 0.6 is 35.3 Å². The minimum Gasteiger partial charge on any atom is -0.357 e. The molecule has 1 aliphatic rings. The Morgan fingerprint density at radius 1 is 1.34 bits per heavy atom. The topological polar surface area (TPSA) is 73.8 Å². The first kappa shape index (κ1) is 26.4. The summed E-state index contributed by atoms with van der Waals surface area (Å²) in [6, 6.07) is 4.09.